The normalized spacial score (nSPS) is 12.2. The van der Waals surface area contributed by atoms with Crippen molar-refractivity contribution in [3.8, 4) is 0 Å². The van der Waals surface area contributed by atoms with Gasteiger partial charge >= 0.3 is 6.18 Å². The molecule has 0 saturated heterocycles. The van der Waals surface area contributed by atoms with Crippen LogP contribution in [0.2, 0.25) is 0 Å². The second kappa shape index (κ2) is 3.80. The number of pyridine rings is 1. The fourth-order valence-corrected chi connectivity index (χ4v) is 1.16. The second-order valence-corrected chi connectivity index (χ2v) is 3.18. The molecule has 14 heavy (non-hydrogen) atoms. The minimum absolute atomic E-state index is 0.130. The Morgan fingerprint density at radius 1 is 1.21 bits per heavy atom. The number of halogens is 6. The molecule has 0 fully saturated rings. The van der Waals surface area contributed by atoms with Gasteiger partial charge in [-0.15, -0.1) is 0 Å². The van der Waals surface area contributed by atoms with Gasteiger partial charge in [0.25, 0.3) is 6.43 Å². The molecule has 0 bridgehead atoms. The molecular formula is C7H3BrF5N. The van der Waals surface area contributed by atoms with Gasteiger partial charge in [0.15, 0.2) is 5.69 Å². The third kappa shape index (κ3) is 2.40. The van der Waals surface area contributed by atoms with Crippen LogP contribution in [0.1, 0.15) is 17.7 Å². The molecule has 0 saturated carbocycles. The summed E-state index contributed by atoms with van der Waals surface area (Å²) in [5, 5.41) is 0. The first-order valence-electron chi connectivity index (χ1n) is 3.34. The lowest BCUT2D eigenvalue weighted by Crippen LogP contribution is -2.12. The lowest BCUT2D eigenvalue weighted by molar-refractivity contribution is -0.143. The predicted octanol–water partition coefficient (Wildman–Crippen LogP) is 3.80. The first-order valence-corrected chi connectivity index (χ1v) is 4.13. The molecule has 0 radical (unpaired) electrons. The zero-order valence-corrected chi connectivity index (χ0v) is 8.03. The molecule has 1 aromatic rings. The van der Waals surface area contributed by atoms with Gasteiger partial charge in [-0.1, -0.05) is 0 Å². The molecule has 78 valence electrons. The highest BCUT2D eigenvalue weighted by Gasteiger charge is 2.37. The summed E-state index contributed by atoms with van der Waals surface area (Å²) < 4.78 is 60.7. The van der Waals surface area contributed by atoms with Crippen LogP contribution in [0.5, 0.6) is 0 Å². The van der Waals surface area contributed by atoms with Crippen LogP contribution in [-0.2, 0) is 6.18 Å². The van der Waals surface area contributed by atoms with Crippen molar-refractivity contribution in [2.75, 3.05) is 0 Å². The SMILES string of the molecule is FC(F)c1ccc(Br)nc1C(F)(F)F. The van der Waals surface area contributed by atoms with Crippen molar-refractivity contribution < 1.29 is 22.0 Å². The molecule has 0 unspecified atom stereocenters. The number of hydrogen-bond donors (Lipinski definition) is 0. The van der Waals surface area contributed by atoms with Crippen LogP contribution in [0.25, 0.3) is 0 Å². The van der Waals surface area contributed by atoms with Crippen LogP contribution >= 0.6 is 15.9 Å². The van der Waals surface area contributed by atoms with Crippen LogP contribution < -0.4 is 0 Å². The average Bonchev–Trinajstić information content (AvgIpc) is 2.01. The molecule has 0 amide bonds. The smallest absolute Gasteiger partial charge is 0.236 e. The zero-order valence-electron chi connectivity index (χ0n) is 6.45. The van der Waals surface area contributed by atoms with Crippen molar-refractivity contribution in [2.45, 2.75) is 12.6 Å². The van der Waals surface area contributed by atoms with E-state index in [2.05, 4.69) is 20.9 Å². The minimum atomic E-state index is -4.87. The van der Waals surface area contributed by atoms with Crippen LogP contribution in [0.15, 0.2) is 16.7 Å². The Kier molecular flexibility index (Phi) is 3.08. The molecule has 1 rings (SSSR count). The molecule has 0 aliphatic heterocycles. The van der Waals surface area contributed by atoms with Gasteiger partial charge in [0.05, 0.1) is 0 Å². The van der Waals surface area contributed by atoms with Crippen LogP contribution in [0.3, 0.4) is 0 Å². The maximum Gasteiger partial charge on any atom is 0.433 e. The minimum Gasteiger partial charge on any atom is -0.236 e. The summed E-state index contributed by atoms with van der Waals surface area (Å²) in [6.07, 6.45) is -8.05. The third-order valence-corrected chi connectivity index (χ3v) is 1.84. The molecule has 0 atom stereocenters. The monoisotopic (exact) mass is 275 g/mol. The van der Waals surface area contributed by atoms with E-state index in [1.165, 1.54) is 0 Å². The standard InChI is InChI=1S/C7H3BrF5N/c8-4-2-1-3(6(9)10)5(14-4)7(11,12)13/h1-2,6H. The Hall–Kier alpha value is -0.720. The predicted molar refractivity (Wildman–Crippen MR) is 41.9 cm³/mol. The molecular weight excluding hydrogens is 273 g/mol. The number of alkyl halides is 5. The molecule has 1 nitrogen and oxygen atoms in total. The molecule has 1 heterocycles. The van der Waals surface area contributed by atoms with Gasteiger partial charge in [-0.05, 0) is 28.1 Å². The molecule has 1 aromatic heterocycles. The first-order chi connectivity index (χ1) is 6.32. The highest BCUT2D eigenvalue weighted by molar-refractivity contribution is 9.10. The average molecular weight is 276 g/mol. The van der Waals surface area contributed by atoms with E-state index >= 15 is 0 Å². The molecule has 0 aromatic carbocycles. The van der Waals surface area contributed by atoms with Gasteiger partial charge in [0.1, 0.15) is 4.60 Å². The zero-order chi connectivity index (χ0) is 10.9. The van der Waals surface area contributed by atoms with Crippen LogP contribution in [-0.4, -0.2) is 4.98 Å². The highest BCUT2D eigenvalue weighted by Crippen LogP contribution is 2.35. The summed E-state index contributed by atoms with van der Waals surface area (Å²) >= 11 is 2.68. The van der Waals surface area contributed by atoms with Crippen molar-refractivity contribution >= 4 is 15.9 Å². The summed E-state index contributed by atoms with van der Waals surface area (Å²) in [5.74, 6) is 0. The summed E-state index contributed by atoms with van der Waals surface area (Å²) in [4.78, 5) is 2.98. The number of aromatic nitrogens is 1. The summed E-state index contributed by atoms with van der Waals surface area (Å²) in [6, 6.07) is 1.74. The Balaban J connectivity index is 3.30. The van der Waals surface area contributed by atoms with Gasteiger partial charge < -0.3 is 0 Å². The largest absolute Gasteiger partial charge is 0.433 e. The van der Waals surface area contributed by atoms with E-state index in [9.17, 15) is 22.0 Å². The van der Waals surface area contributed by atoms with Crippen LogP contribution in [0.4, 0.5) is 22.0 Å². The molecule has 0 N–H and O–H groups in total. The Morgan fingerprint density at radius 2 is 1.79 bits per heavy atom. The van der Waals surface area contributed by atoms with Crippen molar-refractivity contribution in [3.63, 3.8) is 0 Å². The Morgan fingerprint density at radius 3 is 2.21 bits per heavy atom. The van der Waals surface area contributed by atoms with E-state index in [0.29, 0.717) is 6.07 Å². The van der Waals surface area contributed by atoms with E-state index in [1.54, 1.807) is 0 Å². The molecule has 7 heteroatoms. The van der Waals surface area contributed by atoms with Gasteiger partial charge in [-0.3, -0.25) is 0 Å². The highest BCUT2D eigenvalue weighted by atomic mass is 79.9. The molecule has 0 aliphatic carbocycles. The van der Waals surface area contributed by atoms with Crippen molar-refractivity contribution in [2.24, 2.45) is 0 Å². The summed E-state index contributed by atoms with van der Waals surface area (Å²) in [7, 11) is 0. The van der Waals surface area contributed by atoms with Gasteiger partial charge in [0, 0.05) is 5.56 Å². The lowest BCUT2D eigenvalue weighted by atomic mass is 10.2. The van der Waals surface area contributed by atoms with Gasteiger partial charge in [-0.25, -0.2) is 13.8 Å². The van der Waals surface area contributed by atoms with Crippen molar-refractivity contribution in [1.29, 1.82) is 0 Å². The number of hydrogen-bond acceptors (Lipinski definition) is 1. The second-order valence-electron chi connectivity index (χ2n) is 2.37. The molecule has 0 aliphatic rings. The Bertz CT molecular complexity index is 335. The first kappa shape index (κ1) is 11.4. The third-order valence-electron chi connectivity index (χ3n) is 1.40. The van der Waals surface area contributed by atoms with E-state index in [0.717, 1.165) is 6.07 Å². The topological polar surface area (TPSA) is 12.9 Å². The summed E-state index contributed by atoms with van der Waals surface area (Å²) in [5.41, 5.74) is -2.66. The summed E-state index contributed by atoms with van der Waals surface area (Å²) in [6.45, 7) is 0. The van der Waals surface area contributed by atoms with Crippen LogP contribution in [0, 0.1) is 0 Å². The Labute approximate surface area is 84.1 Å². The van der Waals surface area contributed by atoms with E-state index in [1.807, 2.05) is 0 Å². The quantitative estimate of drug-likeness (QED) is 0.561. The maximum atomic E-state index is 12.2. The van der Waals surface area contributed by atoms with E-state index < -0.39 is 23.9 Å². The van der Waals surface area contributed by atoms with Crippen molar-refractivity contribution in [3.05, 3.63) is 28.0 Å². The number of nitrogens with zero attached hydrogens (tertiary/aromatic N) is 1. The number of rotatable bonds is 1. The van der Waals surface area contributed by atoms with Crippen molar-refractivity contribution in [1.82, 2.24) is 4.98 Å². The fourth-order valence-electron chi connectivity index (χ4n) is 0.849. The maximum absolute atomic E-state index is 12.2. The van der Waals surface area contributed by atoms with Gasteiger partial charge in [-0.2, -0.15) is 13.2 Å². The fraction of sp³-hybridized carbons (Fsp3) is 0.286. The molecule has 0 spiro atoms. The lowest BCUT2D eigenvalue weighted by Gasteiger charge is -2.10. The van der Waals surface area contributed by atoms with E-state index in [-0.39, 0.29) is 4.60 Å². The van der Waals surface area contributed by atoms with Gasteiger partial charge in [0.2, 0.25) is 0 Å². The van der Waals surface area contributed by atoms with E-state index in [4.69, 9.17) is 0 Å².